The molecule has 2 atom stereocenters. The molecule has 9 heteroatoms. The van der Waals surface area contributed by atoms with E-state index < -0.39 is 0 Å². The van der Waals surface area contributed by atoms with Crippen molar-refractivity contribution in [1.82, 2.24) is 15.3 Å². The molecule has 0 bridgehead atoms. The van der Waals surface area contributed by atoms with Crippen molar-refractivity contribution in [3.63, 3.8) is 0 Å². The van der Waals surface area contributed by atoms with Crippen molar-refractivity contribution >= 4 is 23.1 Å². The molecule has 3 heterocycles. The number of amides is 1. The predicted octanol–water partition coefficient (Wildman–Crippen LogP) is 1.78. The standard InChI is InChI=1S/C21H24N6O3/c28-21(24-11-14-1-2-14)17-10-15-9-16(27(29)30)3-4-18(15)26-8-7-25(13-19(17)26)20-12-22-5-6-23-20/h3-6,9,12,14,17,19H,1-2,7-8,10-11,13H2,(H,24,28). The average molecular weight is 408 g/mol. The van der Waals surface area contributed by atoms with Gasteiger partial charge in [0, 0.05) is 56.4 Å². The van der Waals surface area contributed by atoms with E-state index in [1.54, 1.807) is 30.7 Å². The smallest absolute Gasteiger partial charge is 0.269 e. The second-order valence-corrected chi connectivity index (χ2v) is 8.34. The molecular weight excluding hydrogens is 384 g/mol. The Morgan fingerprint density at radius 2 is 2.13 bits per heavy atom. The summed E-state index contributed by atoms with van der Waals surface area (Å²) in [6.07, 6.45) is 7.93. The van der Waals surface area contributed by atoms with Crippen LogP contribution < -0.4 is 15.1 Å². The van der Waals surface area contributed by atoms with Gasteiger partial charge in [-0.2, -0.15) is 0 Å². The van der Waals surface area contributed by atoms with Crippen LogP contribution in [0, 0.1) is 22.0 Å². The van der Waals surface area contributed by atoms with Crippen molar-refractivity contribution in [3.8, 4) is 0 Å². The largest absolute Gasteiger partial charge is 0.364 e. The quantitative estimate of drug-likeness (QED) is 0.594. The van der Waals surface area contributed by atoms with Gasteiger partial charge in [-0.15, -0.1) is 0 Å². The van der Waals surface area contributed by atoms with Crippen molar-refractivity contribution < 1.29 is 9.72 Å². The lowest BCUT2D eigenvalue weighted by Gasteiger charge is -2.49. The number of carbonyl (C=O) groups excluding carboxylic acids is 1. The fourth-order valence-corrected chi connectivity index (χ4v) is 4.58. The van der Waals surface area contributed by atoms with Gasteiger partial charge in [-0.1, -0.05) is 0 Å². The Labute approximate surface area is 174 Å². The highest BCUT2D eigenvalue weighted by molar-refractivity contribution is 5.82. The number of aromatic nitrogens is 2. The van der Waals surface area contributed by atoms with E-state index in [0.29, 0.717) is 18.9 Å². The van der Waals surface area contributed by atoms with E-state index in [1.165, 1.54) is 12.8 Å². The van der Waals surface area contributed by atoms with Crippen LogP contribution in [-0.4, -0.2) is 53.0 Å². The van der Waals surface area contributed by atoms with Crippen LogP contribution in [-0.2, 0) is 11.2 Å². The highest BCUT2D eigenvalue weighted by Gasteiger charge is 2.42. The van der Waals surface area contributed by atoms with E-state index in [2.05, 4.69) is 25.1 Å². The highest BCUT2D eigenvalue weighted by Crippen LogP contribution is 2.38. The number of nitro benzene ring substituents is 1. The van der Waals surface area contributed by atoms with Crippen LogP contribution in [0.25, 0.3) is 0 Å². The predicted molar refractivity (Wildman–Crippen MR) is 111 cm³/mol. The number of anilines is 2. The molecule has 2 fully saturated rings. The first-order valence-corrected chi connectivity index (χ1v) is 10.4. The van der Waals surface area contributed by atoms with Crippen LogP contribution in [0.1, 0.15) is 18.4 Å². The number of rotatable bonds is 5. The Bertz CT molecular complexity index is 964. The lowest BCUT2D eigenvalue weighted by molar-refractivity contribution is -0.384. The van der Waals surface area contributed by atoms with Crippen LogP contribution in [0.4, 0.5) is 17.2 Å². The summed E-state index contributed by atoms with van der Waals surface area (Å²) in [4.78, 5) is 37.0. The molecule has 1 N–H and O–H groups in total. The Hall–Kier alpha value is -3.23. The van der Waals surface area contributed by atoms with Gasteiger partial charge in [0.25, 0.3) is 5.69 Å². The summed E-state index contributed by atoms with van der Waals surface area (Å²) in [5.74, 6) is 1.18. The molecule has 2 aliphatic heterocycles. The third kappa shape index (κ3) is 3.55. The van der Waals surface area contributed by atoms with E-state index in [9.17, 15) is 14.9 Å². The first-order chi connectivity index (χ1) is 14.6. The number of non-ortho nitro benzene ring substituents is 1. The van der Waals surface area contributed by atoms with Gasteiger partial charge in [0.1, 0.15) is 5.82 Å². The average Bonchev–Trinajstić information content (AvgIpc) is 3.61. The number of piperazine rings is 1. The maximum absolute atomic E-state index is 13.1. The minimum atomic E-state index is -0.374. The van der Waals surface area contributed by atoms with Gasteiger partial charge in [0.05, 0.1) is 23.1 Å². The Balaban J connectivity index is 1.45. The van der Waals surface area contributed by atoms with Gasteiger partial charge >= 0.3 is 0 Å². The molecule has 3 aliphatic rings. The number of nitrogens with zero attached hydrogens (tertiary/aromatic N) is 5. The fourth-order valence-electron chi connectivity index (χ4n) is 4.58. The van der Waals surface area contributed by atoms with E-state index >= 15 is 0 Å². The molecule has 2 aromatic rings. The maximum Gasteiger partial charge on any atom is 0.269 e. The van der Waals surface area contributed by atoms with Crippen LogP contribution in [0.2, 0.25) is 0 Å². The molecule has 1 aromatic heterocycles. The zero-order valence-electron chi connectivity index (χ0n) is 16.6. The van der Waals surface area contributed by atoms with Crippen molar-refractivity contribution in [3.05, 3.63) is 52.5 Å². The maximum atomic E-state index is 13.1. The SMILES string of the molecule is O=C(NCC1CC1)C1Cc2cc([N+](=O)[O-])ccc2N2CCN(c3cnccn3)CC12. The van der Waals surface area contributed by atoms with Crippen LogP contribution >= 0.6 is 0 Å². The molecule has 1 saturated carbocycles. The molecule has 30 heavy (non-hydrogen) atoms. The van der Waals surface area contributed by atoms with E-state index in [1.807, 2.05) is 6.07 Å². The minimum Gasteiger partial charge on any atom is -0.364 e. The number of benzene rings is 1. The third-order valence-electron chi connectivity index (χ3n) is 6.38. The second kappa shape index (κ2) is 7.55. The number of fused-ring (bicyclic) bond motifs is 3. The van der Waals surface area contributed by atoms with Gasteiger partial charge < -0.3 is 15.1 Å². The zero-order valence-corrected chi connectivity index (χ0v) is 16.6. The highest BCUT2D eigenvalue weighted by atomic mass is 16.6. The molecule has 1 aliphatic carbocycles. The van der Waals surface area contributed by atoms with Gasteiger partial charge in [-0.3, -0.25) is 19.9 Å². The molecule has 156 valence electrons. The van der Waals surface area contributed by atoms with Gasteiger partial charge in [0.2, 0.25) is 5.91 Å². The monoisotopic (exact) mass is 408 g/mol. The molecule has 1 amide bonds. The van der Waals surface area contributed by atoms with E-state index in [4.69, 9.17) is 0 Å². The van der Waals surface area contributed by atoms with Crippen LogP contribution in [0.5, 0.6) is 0 Å². The van der Waals surface area contributed by atoms with Gasteiger partial charge in [-0.05, 0) is 36.8 Å². The van der Waals surface area contributed by atoms with Crippen LogP contribution in [0.15, 0.2) is 36.8 Å². The molecule has 0 radical (unpaired) electrons. The normalized spacial score (nSPS) is 22.8. The first kappa shape index (κ1) is 18.8. The number of hydrogen-bond acceptors (Lipinski definition) is 7. The molecule has 9 nitrogen and oxygen atoms in total. The van der Waals surface area contributed by atoms with Gasteiger partial charge in [-0.25, -0.2) is 4.98 Å². The van der Waals surface area contributed by atoms with Crippen molar-refractivity contribution in [2.45, 2.75) is 25.3 Å². The summed E-state index contributed by atoms with van der Waals surface area (Å²) < 4.78 is 0. The van der Waals surface area contributed by atoms with Gasteiger partial charge in [0.15, 0.2) is 0 Å². The van der Waals surface area contributed by atoms with E-state index in [-0.39, 0.29) is 28.5 Å². The summed E-state index contributed by atoms with van der Waals surface area (Å²) in [6, 6.07) is 4.99. The summed E-state index contributed by atoms with van der Waals surface area (Å²) in [7, 11) is 0. The molecule has 1 saturated heterocycles. The summed E-state index contributed by atoms with van der Waals surface area (Å²) in [5, 5.41) is 14.4. The molecule has 2 unspecified atom stereocenters. The second-order valence-electron chi connectivity index (χ2n) is 8.34. The lowest BCUT2D eigenvalue weighted by Crippen LogP contribution is -2.61. The number of hydrogen-bond donors (Lipinski definition) is 1. The molecule has 5 rings (SSSR count). The number of nitrogens with one attached hydrogen (secondary N) is 1. The van der Waals surface area contributed by atoms with E-state index in [0.717, 1.165) is 36.7 Å². The van der Waals surface area contributed by atoms with Crippen molar-refractivity contribution in [1.29, 1.82) is 0 Å². The van der Waals surface area contributed by atoms with Crippen molar-refractivity contribution in [2.24, 2.45) is 11.8 Å². The fraction of sp³-hybridized carbons (Fsp3) is 0.476. The third-order valence-corrected chi connectivity index (χ3v) is 6.38. The zero-order chi connectivity index (χ0) is 20.7. The summed E-state index contributed by atoms with van der Waals surface area (Å²) in [6.45, 7) is 2.86. The summed E-state index contributed by atoms with van der Waals surface area (Å²) in [5.41, 5.74) is 1.94. The Morgan fingerprint density at radius 1 is 1.27 bits per heavy atom. The number of nitro groups is 1. The number of carbonyl (C=O) groups is 1. The lowest BCUT2D eigenvalue weighted by atomic mass is 9.83. The molecular formula is C21H24N6O3. The Morgan fingerprint density at radius 3 is 2.87 bits per heavy atom. The summed E-state index contributed by atoms with van der Waals surface area (Å²) >= 11 is 0. The molecule has 1 aromatic carbocycles. The first-order valence-electron chi connectivity index (χ1n) is 10.4. The topological polar surface area (TPSA) is 104 Å². The minimum absolute atomic E-state index is 0.0195. The Kier molecular flexibility index (Phi) is 4.72. The van der Waals surface area contributed by atoms with Crippen LogP contribution in [0.3, 0.4) is 0 Å². The molecule has 0 spiro atoms. The van der Waals surface area contributed by atoms with Crippen molar-refractivity contribution in [2.75, 3.05) is 36.0 Å².